The molecule has 7 heteroatoms. The number of halogens is 1. The maximum Gasteiger partial charge on any atom is 0.425 e. The normalized spacial score (nSPS) is 19.6. The number of carbonyl (C=O) groups is 1. The van der Waals surface area contributed by atoms with Crippen LogP contribution in [-0.2, 0) is 13.1 Å². The Hall–Kier alpha value is -3.14. The number of hydrogen-bond donors (Lipinski definition) is 1. The first-order valence-electron chi connectivity index (χ1n) is 11.7. The third-order valence-corrected chi connectivity index (χ3v) is 6.93. The van der Waals surface area contributed by atoms with Gasteiger partial charge < -0.3 is 4.98 Å². The second kappa shape index (κ2) is 10.9. The van der Waals surface area contributed by atoms with Gasteiger partial charge in [0.1, 0.15) is 18.8 Å². The molecule has 2 atom stereocenters. The van der Waals surface area contributed by atoms with E-state index in [4.69, 9.17) is 0 Å². The molecular formula is C27H33ClN5O+. The van der Waals surface area contributed by atoms with Crippen molar-refractivity contribution in [1.29, 1.82) is 5.26 Å². The van der Waals surface area contributed by atoms with Gasteiger partial charge in [0, 0.05) is 23.4 Å². The zero-order valence-electron chi connectivity index (χ0n) is 20.1. The Balaban J connectivity index is 0.00000324. The number of rotatable bonds is 8. The molecule has 0 radical (unpaired) electrons. The molecule has 3 aromatic rings. The molecule has 4 rings (SSSR count). The van der Waals surface area contributed by atoms with E-state index < -0.39 is 0 Å². The first-order chi connectivity index (χ1) is 16.0. The van der Waals surface area contributed by atoms with Crippen molar-refractivity contribution in [2.24, 2.45) is 0 Å². The van der Waals surface area contributed by atoms with Crippen molar-refractivity contribution in [2.45, 2.75) is 59.2 Å². The van der Waals surface area contributed by atoms with E-state index in [0.717, 1.165) is 48.3 Å². The van der Waals surface area contributed by atoms with Gasteiger partial charge in [0.25, 0.3) is 0 Å². The molecule has 1 unspecified atom stereocenters. The minimum Gasteiger partial charge on any atom is -0.347 e. The lowest BCUT2D eigenvalue weighted by molar-refractivity contribution is 0.180. The monoisotopic (exact) mass is 478 g/mol. The second-order valence-electron chi connectivity index (χ2n) is 9.12. The largest absolute Gasteiger partial charge is 0.425 e. The number of nitrogens with one attached hydrogen (secondary N) is 1. The van der Waals surface area contributed by atoms with Gasteiger partial charge in [-0.25, -0.2) is 14.3 Å². The topological polar surface area (TPSA) is 72.8 Å². The van der Waals surface area contributed by atoms with Crippen LogP contribution in [0.2, 0.25) is 0 Å². The van der Waals surface area contributed by atoms with E-state index in [1.165, 1.54) is 5.56 Å². The van der Waals surface area contributed by atoms with Crippen molar-refractivity contribution in [3.05, 3.63) is 82.9 Å². The van der Waals surface area contributed by atoms with E-state index >= 15 is 0 Å². The van der Waals surface area contributed by atoms with Gasteiger partial charge in [0.15, 0.2) is 0 Å². The van der Waals surface area contributed by atoms with E-state index in [1.807, 2.05) is 24.3 Å². The molecule has 1 N–H and O–H groups in total. The van der Waals surface area contributed by atoms with Gasteiger partial charge in [-0.1, -0.05) is 44.0 Å². The van der Waals surface area contributed by atoms with Crippen molar-refractivity contribution < 1.29 is 4.79 Å². The minimum absolute atomic E-state index is 0. The minimum atomic E-state index is 0. The molecule has 2 amide bonds. The standard InChI is InChI=1S/C27H32N5O.ClH/c1-4-5-8-25-18-32(26-9-6-7-20(2)21(26)3,17-23-12-10-22(14-28)11-13-23)27(33)31(25)16-24-15-29-19-30-24;/h6-7,9-13,15,19,25H,4-5,8,16-18H2,1-3H3,(H,29,30);1H/q+1;/t25?,32-;/m0./s1. The van der Waals surface area contributed by atoms with Crippen LogP contribution in [-0.4, -0.2) is 33.5 Å². The van der Waals surface area contributed by atoms with Crippen LogP contribution in [0.3, 0.4) is 0 Å². The molecule has 0 spiro atoms. The first kappa shape index (κ1) is 25.5. The van der Waals surface area contributed by atoms with Crippen molar-refractivity contribution in [1.82, 2.24) is 19.4 Å². The number of nitrogens with zero attached hydrogens (tertiary/aromatic N) is 4. The number of quaternary nitrogens is 1. The Bertz CT molecular complexity index is 1150. The van der Waals surface area contributed by atoms with E-state index in [0.29, 0.717) is 18.7 Å². The lowest BCUT2D eigenvalue weighted by Crippen LogP contribution is -2.52. The molecule has 1 saturated heterocycles. The number of aromatic nitrogens is 2. The maximum absolute atomic E-state index is 14.3. The fourth-order valence-electron chi connectivity index (χ4n) is 4.99. The number of unbranched alkanes of at least 4 members (excludes halogenated alkanes) is 1. The summed E-state index contributed by atoms with van der Waals surface area (Å²) in [4.78, 5) is 23.7. The molecule has 178 valence electrons. The zero-order valence-corrected chi connectivity index (χ0v) is 20.9. The van der Waals surface area contributed by atoms with Crippen molar-refractivity contribution in [3.8, 4) is 6.07 Å². The Morgan fingerprint density at radius 2 is 1.97 bits per heavy atom. The smallest absolute Gasteiger partial charge is 0.347 e. The molecule has 1 aliphatic heterocycles. The van der Waals surface area contributed by atoms with Crippen LogP contribution in [0.4, 0.5) is 10.5 Å². The summed E-state index contributed by atoms with van der Waals surface area (Å²) in [5, 5.41) is 9.20. The highest BCUT2D eigenvalue weighted by Crippen LogP contribution is 2.39. The molecule has 34 heavy (non-hydrogen) atoms. The molecule has 1 fully saturated rings. The van der Waals surface area contributed by atoms with E-state index in [1.54, 1.807) is 12.5 Å². The number of aryl methyl sites for hydroxylation is 1. The predicted octanol–water partition coefficient (Wildman–Crippen LogP) is 6.02. The average molecular weight is 479 g/mol. The number of amides is 2. The third kappa shape index (κ3) is 4.86. The highest BCUT2D eigenvalue weighted by Gasteiger charge is 2.54. The van der Waals surface area contributed by atoms with Gasteiger partial charge in [-0.3, -0.25) is 4.90 Å². The first-order valence-corrected chi connectivity index (χ1v) is 11.7. The summed E-state index contributed by atoms with van der Waals surface area (Å²) in [5.74, 6) is 0. The van der Waals surface area contributed by atoms with Gasteiger partial charge in [0.05, 0.1) is 36.2 Å². The molecule has 1 aliphatic rings. The summed E-state index contributed by atoms with van der Waals surface area (Å²) in [5.41, 5.74) is 6.06. The fraction of sp³-hybridized carbons (Fsp3) is 0.370. The zero-order chi connectivity index (χ0) is 23.4. The number of H-pyrrole nitrogens is 1. The Morgan fingerprint density at radius 3 is 2.62 bits per heavy atom. The van der Waals surface area contributed by atoms with Gasteiger partial charge in [-0.2, -0.15) is 5.26 Å². The number of benzene rings is 2. The van der Waals surface area contributed by atoms with Crippen molar-refractivity contribution in [2.75, 3.05) is 6.54 Å². The number of nitriles is 1. The molecule has 6 nitrogen and oxygen atoms in total. The lowest BCUT2D eigenvalue weighted by Gasteiger charge is -2.32. The predicted molar refractivity (Wildman–Crippen MR) is 138 cm³/mol. The molecule has 0 saturated carbocycles. The quantitative estimate of drug-likeness (QED) is 0.402. The van der Waals surface area contributed by atoms with Crippen LogP contribution < -0.4 is 4.48 Å². The van der Waals surface area contributed by atoms with Crippen molar-refractivity contribution in [3.63, 3.8) is 0 Å². The molecular weight excluding hydrogens is 446 g/mol. The Morgan fingerprint density at radius 1 is 1.21 bits per heavy atom. The number of hydrogen-bond acceptors (Lipinski definition) is 3. The summed E-state index contributed by atoms with van der Waals surface area (Å²) in [7, 11) is 0. The van der Waals surface area contributed by atoms with Gasteiger partial charge in [-0.05, 0) is 38.0 Å². The second-order valence-corrected chi connectivity index (χ2v) is 9.12. The number of aromatic amines is 1. The third-order valence-electron chi connectivity index (χ3n) is 6.93. The van der Waals surface area contributed by atoms with Gasteiger partial charge in [0.2, 0.25) is 0 Å². The summed E-state index contributed by atoms with van der Waals surface area (Å²) in [6, 6.07) is 16.4. The van der Waals surface area contributed by atoms with Crippen LogP contribution in [0.1, 0.15) is 54.1 Å². The fourth-order valence-corrected chi connectivity index (χ4v) is 4.99. The summed E-state index contributed by atoms with van der Waals surface area (Å²) < 4.78 is 0.266. The SMILES string of the molecule is CCCCC1C[N@@+](Cc2ccc(C#N)cc2)(c2cccc(C)c2C)C(=O)N1Cc1cnc[nH]1.Cl. The number of carbonyl (C=O) groups excluding carboxylic acids is 1. The van der Waals surface area contributed by atoms with Gasteiger partial charge >= 0.3 is 6.03 Å². The van der Waals surface area contributed by atoms with Crippen molar-refractivity contribution >= 4 is 24.1 Å². The molecule has 1 aromatic heterocycles. The molecule has 2 heterocycles. The summed E-state index contributed by atoms with van der Waals surface area (Å²) in [6.45, 7) is 8.25. The lowest BCUT2D eigenvalue weighted by atomic mass is 10.0. The van der Waals surface area contributed by atoms with Crippen LogP contribution in [0.15, 0.2) is 55.0 Å². The van der Waals surface area contributed by atoms with E-state index in [9.17, 15) is 10.1 Å². The van der Waals surface area contributed by atoms with E-state index in [2.05, 4.69) is 59.9 Å². The number of urea groups is 1. The molecule has 0 bridgehead atoms. The Labute approximate surface area is 208 Å². The van der Waals surface area contributed by atoms with E-state index in [-0.39, 0.29) is 29.0 Å². The maximum atomic E-state index is 14.3. The van der Waals surface area contributed by atoms with Crippen LogP contribution in [0.25, 0.3) is 0 Å². The van der Waals surface area contributed by atoms with Crippen LogP contribution >= 0.6 is 12.4 Å². The number of imidazole rings is 1. The summed E-state index contributed by atoms with van der Waals surface area (Å²) >= 11 is 0. The van der Waals surface area contributed by atoms with Gasteiger partial charge in [-0.15, -0.1) is 12.4 Å². The summed E-state index contributed by atoms with van der Waals surface area (Å²) in [6.07, 6.45) is 6.63. The Kier molecular flexibility index (Phi) is 8.14. The average Bonchev–Trinajstić information content (AvgIpc) is 3.43. The molecule has 2 aromatic carbocycles. The van der Waals surface area contributed by atoms with Crippen LogP contribution in [0, 0.1) is 25.2 Å². The van der Waals surface area contributed by atoms with Crippen LogP contribution in [0.5, 0.6) is 0 Å². The highest BCUT2D eigenvalue weighted by atomic mass is 35.5. The highest BCUT2D eigenvalue weighted by molar-refractivity contribution is 5.90. The molecule has 0 aliphatic carbocycles.